The van der Waals surface area contributed by atoms with Gasteiger partial charge in [0.05, 0.1) is 10.3 Å². The second kappa shape index (κ2) is 5.25. The Bertz CT molecular complexity index is 662. The second-order valence-electron chi connectivity index (χ2n) is 5.29. The molecule has 1 unspecified atom stereocenters. The van der Waals surface area contributed by atoms with E-state index in [9.17, 15) is 10.1 Å². The minimum atomic E-state index is -0.432. The number of nitrogens with zero attached hydrogens (tertiary/aromatic N) is 3. The number of aromatic nitrogens is 2. The van der Waals surface area contributed by atoms with Crippen LogP contribution in [0.25, 0.3) is 11.4 Å². The van der Waals surface area contributed by atoms with Crippen molar-refractivity contribution in [2.75, 3.05) is 13.1 Å². The molecule has 1 saturated heterocycles. The number of rotatable bonds is 4. The topological polar surface area (TPSA) is 94.1 Å². The molecule has 3 rings (SSSR count). The van der Waals surface area contributed by atoms with Gasteiger partial charge in [-0.1, -0.05) is 24.2 Å². The molecule has 1 N–H and O–H groups in total. The van der Waals surface area contributed by atoms with E-state index in [4.69, 9.17) is 4.52 Å². The number of benzene rings is 1. The second-order valence-corrected chi connectivity index (χ2v) is 5.29. The van der Waals surface area contributed by atoms with Crippen molar-refractivity contribution in [2.45, 2.75) is 25.2 Å². The lowest BCUT2D eigenvalue weighted by atomic mass is 9.84. The molecule has 0 spiro atoms. The van der Waals surface area contributed by atoms with E-state index >= 15 is 0 Å². The van der Waals surface area contributed by atoms with E-state index in [0.29, 0.717) is 17.3 Å². The molecule has 1 aromatic heterocycles. The number of nitro groups is 1. The van der Waals surface area contributed by atoms with Crippen LogP contribution in [-0.2, 0) is 5.41 Å². The number of hydrogen-bond donors (Lipinski definition) is 1. The molecule has 2 heterocycles. The molecule has 0 amide bonds. The molecule has 1 aliphatic rings. The third-order valence-electron chi connectivity index (χ3n) is 4.12. The van der Waals surface area contributed by atoms with Crippen molar-refractivity contribution in [1.82, 2.24) is 15.5 Å². The highest BCUT2D eigenvalue weighted by atomic mass is 16.6. The Morgan fingerprint density at radius 3 is 3.05 bits per heavy atom. The van der Waals surface area contributed by atoms with Crippen LogP contribution < -0.4 is 5.32 Å². The first-order valence-electron chi connectivity index (χ1n) is 6.94. The van der Waals surface area contributed by atoms with Crippen molar-refractivity contribution < 1.29 is 9.45 Å². The maximum atomic E-state index is 10.8. The van der Waals surface area contributed by atoms with Gasteiger partial charge < -0.3 is 9.84 Å². The van der Waals surface area contributed by atoms with E-state index in [1.54, 1.807) is 12.1 Å². The molecule has 1 atom stereocenters. The lowest BCUT2D eigenvalue weighted by Crippen LogP contribution is -2.28. The summed E-state index contributed by atoms with van der Waals surface area (Å²) in [5, 5.41) is 18.1. The predicted octanol–water partition coefficient (Wildman–Crippen LogP) is 2.29. The van der Waals surface area contributed by atoms with Gasteiger partial charge in [-0.05, 0) is 19.4 Å². The van der Waals surface area contributed by atoms with Gasteiger partial charge in [0.25, 0.3) is 5.69 Å². The van der Waals surface area contributed by atoms with E-state index in [0.717, 1.165) is 25.9 Å². The zero-order valence-corrected chi connectivity index (χ0v) is 11.7. The molecule has 2 aromatic rings. The Balaban J connectivity index is 1.95. The first-order chi connectivity index (χ1) is 10.1. The van der Waals surface area contributed by atoms with Crippen LogP contribution in [0.3, 0.4) is 0 Å². The van der Waals surface area contributed by atoms with Gasteiger partial charge in [0.15, 0.2) is 0 Å². The monoisotopic (exact) mass is 288 g/mol. The van der Waals surface area contributed by atoms with E-state index in [-0.39, 0.29) is 11.1 Å². The molecule has 0 aliphatic carbocycles. The maximum absolute atomic E-state index is 10.8. The molecule has 1 aliphatic heterocycles. The third kappa shape index (κ3) is 2.40. The summed E-state index contributed by atoms with van der Waals surface area (Å²) >= 11 is 0. The lowest BCUT2D eigenvalue weighted by molar-refractivity contribution is -0.384. The Morgan fingerprint density at radius 1 is 1.52 bits per heavy atom. The van der Waals surface area contributed by atoms with E-state index in [1.807, 2.05) is 0 Å². The summed E-state index contributed by atoms with van der Waals surface area (Å²) in [5.74, 6) is 1.00. The van der Waals surface area contributed by atoms with Crippen LogP contribution >= 0.6 is 0 Å². The highest BCUT2D eigenvalue weighted by Crippen LogP contribution is 2.34. The molecule has 0 radical (unpaired) electrons. The van der Waals surface area contributed by atoms with Crippen LogP contribution in [-0.4, -0.2) is 28.2 Å². The molecular formula is C14H16N4O3. The predicted molar refractivity (Wildman–Crippen MR) is 75.8 cm³/mol. The Hall–Kier alpha value is -2.28. The first-order valence-corrected chi connectivity index (χ1v) is 6.94. The molecule has 110 valence electrons. The van der Waals surface area contributed by atoms with Crippen LogP contribution in [0.5, 0.6) is 0 Å². The Morgan fingerprint density at radius 2 is 2.38 bits per heavy atom. The largest absolute Gasteiger partial charge is 0.338 e. The third-order valence-corrected chi connectivity index (χ3v) is 4.12. The molecular weight excluding hydrogens is 272 g/mol. The fourth-order valence-corrected chi connectivity index (χ4v) is 2.69. The average Bonchev–Trinajstić information content (AvgIpc) is 3.17. The van der Waals surface area contributed by atoms with Crippen LogP contribution in [0.2, 0.25) is 0 Å². The standard InChI is InChI=1S/C14H16N4O3/c1-2-14(6-7-15-9-14)13-16-12(17-21-13)10-4-3-5-11(8-10)18(19)20/h3-5,8,15H,2,6-7,9H2,1H3. The van der Waals surface area contributed by atoms with Crippen LogP contribution in [0.1, 0.15) is 25.7 Å². The normalized spacial score (nSPS) is 21.6. The Kier molecular flexibility index (Phi) is 3.42. The van der Waals surface area contributed by atoms with Gasteiger partial charge in [-0.25, -0.2) is 0 Å². The SMILES string of the molecule is CCC1(c2nc(-c3cccc([N+](=O)[O-])c3)no2)CCNC1. The summed E-state index contributed by atoms with van der Waals surface area (Å²) in [6.45, 7) is 3.85. The zero-order valence-electron chi connectivity index (χ0n) is 11.7. The smallest absolute Gasteiger partial charge is 0.270 e. The fraction of sp³-hybridized carbons (Fsp3) is 0.429. The summed E-state index contributed by atoms with van der Waals surface area (Å²) < 4.78 is 5.43. The maximum Gasteiger partial charge on any atom is 0.270 e. The molecule has 7 nitrogen and oxygen atoms in total. The summed E-state index contributed by atoms with van der Waals surface area (Å²) in [4.78, 5) is 14.9. The number of nitro benzene ring substituents is 1. The first kappa shape index (κ1) is 13.7. The molecule has 1 fully saturated rings. The number of hydrogen-bond acceptors (Lipinski definition) is 6. The molecule has 7 heteroatoms. The summed E-state index contributed by atoms with van der Waals surface area (Å²) in [7, 11) is 0. The molecule has 0 saturated carbocycles. The van der Waals surface area contributed by atoms with Gasteiger partial charge in [-0.15, -0.1) is 0 Å². The molecule has 1 aromatic carbocycles. The van der Waals surface area contributed by atoms with Crippen molar-refractivity contribution in [3.63, 3.8) is 0 Å². The number of non-ortho nitro benzene ring substituents is 1. The zero-order chi connectivity index (χ0) is 14.9. The fourth-order valence-electron chi connectivity index (χ4n) is 2.69. The van der Waals surface area contributed by atoms with Crippen molar-refractivity contribution in [1.29, 1.82) is 0 Å². The summed E-state index contributed by atoms with van der Waals surface area (Å²) in [6, 6.07) is 6.27. The quantitative estimate of drug-likeness (QED) is 0.685. The average molecular weight is 288 g/mol. The minimum Gasteiger partial charge on any atom is -0.338 e. The minimum absolute atomic E-state index is 0.0200. The Labute approximate surface area is 121 Å². The van der Waals surface area contributed by atoms with Gasteiger partial charge >= 0.3 is 0 Å². The highest BCUT2D eigenvalue weighted by Gasteiger charge is 2.39. The van der Waals surface area contributed by atoms with Gasteiger partial charge in [-0.2, -0.15) is 4.98 Å². The van der Waals surface area contributed by atoms with E-state index in [2.05, 4.69) is 22.4 Å². The van der Waals surface area contributed by atoms with Gasteiger partial charge in [0, 0.05) is 24.2 Å². The van der Waals surface area contributed by atoms with Gasteiger partial charge in [0.1, 0.15) is 0 Å². The van der Waals surface area contributed by atoms with Crippen molar-refractivity contribution in [3.05, 3.63) is 40.3 Å². The molecule has 0 bridgehead atoms. The summed E-state index contributed by atoms with van der Waals surface area (Å²) in [5.41, 5.74) is 0.495. The van der Waals surface area contributed by atoms with Crippen LogP contribution in [0.15, 0.2) is 28.8 Å². The van der Waals surface area contributed by atoms with Crippen LogP contribution in [0, 0.1) is 10.1 Å². The van der Waals surface area contributed by atoms with E-state index in [1.165, 1.54) is 12.1 Å². The summed E-state index contributed by atoms with van der Waals surface area (Å²) in [6.07, 6.45) is 1.87. The van der Waals surface area contributed by atoms with Crippen LogP contribution in [0.4, 0.5) is 5.69 Å². The van der Waals surface area contributed by atoms with Gasteiger partial charge in [-0.3, -0.25) is 10.1 Å². The number of nitrogens with one attached hydrogen (secondary N) is 1. The van der Waals surface area contributed by atoms with Crippen molar-refractivity contribution in [2.24, 2.45) is 0 Å². The molecule has 21 heavy (non-hydrogen) atoms. The highest BCUT2D eigenvalue weighted by molar-refractivity contribution is 5.58. The van der Waals surface area contributed by atoms with Gasteiger partial charge in [0.2, 0.25) is 11.7 Å². The van der Waals surface area contributed by atoms with Crippen molar-refractivity contribution in [3.8, 4) is 11.4 Å². The van der Waals surface area contributed by atoms with Crippen molar-refractivity contribution >= 4 is 5.69 Å². The lowest BCUT2D eigenvalue weighted by Gasteiger charge is -2.20. The van der Waals surface area contributed by atoms with E-state index < -0.39 is 4.92 Å².